The van der Waals surface area contributed by atoms with E-state index in [0.717, 1.165) is 16.9 Å². The van der Waals surface area contributed by atoms with Gasteiger partial charge in [0, 0.05) is 24.2 Å². The van der Waals surface area contributed by atoms with E-state index in [1.807, 2.05) is 51.1 Å². The van der Waals surface area contributed by atoms with Crippen LogP contribution < -0.4 is 21.1 Å². The number of hydrogen-bond donors (Lipinski definition) is 3. The van der Waals surface area contributed by atoms with Crippen LogP contribution in [0.15, 0.2) is 42.5 Å². The summed E-state index contributed by atoms with van der Waals surface area (Å²) in [5.74, 6) is 0.597. The Bertz CT molecular complexity index is 809. The van der Waals surface area contributed by atoms with Crippen molar-refractivity contribution in [3.05, 3.63) is 59.2 Å². The van der Waals surface area contributed by atoms with Crippen LogP contribution in [-0.4, -0.2) is 25.0 Å². The molecule has 2 amide bonds. The number of anilines is 1. The number of hydrogen-bond acceptors (Lipinski definition) is 4. The standard InChI is InChI=1S/C22H29N3O3.ClH/c1-4-28-19-11-8-17(9-12-19)16(3)25-21(26)6-5-13-24-22(27)20-14-18(23)10-7-15(20)2;/h7-12,14,16H,4-6,13,23H2,1-3H3,(H,24,27)(H,25,26);1H. The predicted octanol–water partition coefficient (Wildman–Crippen LogP) is 3.79. The van der Waals surface area contributed by atoms with E-state index in [9.17, 15) is 9.59 Å². The van der Waals surface area contributed by atoms with Gasteiger partial charge in [0.2, 0.25) is 5.91 Å². The molecule has 0 saturated heterocycles. The lowest BCUT2D eigenvalue weighted by atomic mass is 10.1. The average Bonchev–Trinajstić information content (AvgIpc) is 2.67. The molecule has 2 rings (SSSR count). The van der Waals surface area contributed by atoms with Gasteiger partial charge in [-0.2, -0.15) is 0 Å². The average molecular weight is 420 g/mol. The normalized spacial score (nSPS) is 11.1. The summed E-state index contributed by atoms with van der Waals surface area (Å²) in [7, 11) is 0. The highest BCUT2D eigenvalue weighted by Gasteiger charge is 2.11. The number of halogens is 1. The maximum atomic E-state index is 12.2. The number of ether oxygens (including phenoxy) is 1. The van der Waals surface area contributed by atoms with E-state index >= 15 is 0 Å². The fraction of sp³-hybridized carbons (Fsp3) is 0.364. The minimum Gasteiger partial charge on any atom is -0.494 e. The third kappa shape index (κ3) is 7.66. The molecule has 4 N–H and O–H groups in total. The molecular formula is C22H30ClN3O3. The molecule has 1 atom stereocenters. The summed E-state index contributed by atoms with van der Waals surface area (Å²) in [6, 6.07) is 12.9. The summed E-state index contributed by atoms with van der Waals surface area (Å²) in [5.41, 5.74) is 8.74. The van der Waals surface area contributed by atoms with E-state index in [4.69, 9.17) is 10.5 Å². The summed E-state index contributed by atoms with van der Waals surface area (Å²) < 4.78 is 5.42. The molecule has 29 heavy (non-hydrogen) atoms. The van der Waals surface area contributed by atoms with Gasteiger partial charge in [-0.15, -0.1) is 12.4 Å². The third-order valence-electron chi connectivity index (χ3n) is 4.44. The van der Waals surface area contributed by atoms with Crippen molar-refractivity contribution < 1.29 is 14.3 Å². The first-order chi connectivity index (χ1) is 13.4. The quantitative estimate of drug-likeness (QED) is 0.426. The number of carbonyl (C=O) groups excluding carboxylic acids is 2. The maximum Gasteiger partial charge on any atom is 0.251 e. The molecule has 7 heteroatoms. The lowest BCUT2D eigenvalue weighted by Crippen LogP contribution is -2.29. The number of amides is 2. The summed E-state index contributed by atoms with van der Waals surface area (Å²) in [4.78, 5) is 24.4. The first kappa shape index (κ1) is 24.3. The van der Waals surface area contributed by atoms with Gasteiger partial charge in [0.1, 0.15) is 5.75 Å². The van der Waals surface area contributed by atoms with Gasteiger partial charge in [0.05, 0.1) is 12.6 Å². The van der Waals surface area contributed by atoms with Crippen LogP contribution in [0.2, 0.25) is 0 Å². The summed E-state index contributed by atoms with van der Waals surface area (Å²) in [6.45, 7) is 6.80. The first-order valence-electron chi connectivity index (χ1n) is 9.57. The van der Waals surface area contributed by atoms with Crippen LogP contribution in [0.25, 0.3) is 0 Å². The Hall–Kier alpha value is -2.73. The Morgan fingerprint density at radius 2 is 1.83 bits per heavy atom. The van der Waals surface area contributed by atoms with Gasteiger partial charge in [0.15, 0.2) is 0 Å². The summed E-state index contributed by atoms with van der Waals surface area (Å²) in [6.07, 6.45) is 0.909. The minimum absolute atomic E-state index is 0. The Balaban J connectivity index is 0.00000420. The van der Waals surface area contributed by atoms with E-state index in [1.165, 1.54) is 0 Å². The second-order valence-corrected chi connectivity index (χ2v) is 6.73. The zero-order chi connectivity index (χ0) is 20.5. The van der Waals surface area contributed by atoms with Crippen LogP contribution in [0.4, 0.5) is 5.69 Å². The van der Waals surface area contributed by atoms with Crippen LogP contribution in [0.1, 0.15) is 54.2 Å². The number of nitrogens with two attached hydrogens (primary N) is 1. The fourth-order valence-corrected chi connectivity index (χ4v) is 2.85. The number of nitrogen functional groups attached to an aromatic ring is 1. The minimum atomic E-state index is -0.173. The van der Waals surface area contributed by atoms with Gasteiger partial charge >= 0.3 is 0 Å². The van der Waals surface area contributed by atoms with Gasteiger partial charge in [0.25, 0.3) is 5.91 Å². The molecule has 2 aromatic carbocycles. The molecule has 0 bridgehead atoms. The van der Waals surface area contributed by atoms with Gasteiger partial charge in [-0.3, -0.25) is 9.59 Å². The number of benzene rings is 2. The Morgan fingerprint density at radius 1 is 1.14 bits per heavy atom. The highest BCUT2D eigenvalue weighted by Crippen LogP contribution is 2.18. The predicted molar refractivity (Wildman–Crippen MR) is 119 cm³/mol. The topological polar surface area (TPSA) is 93.5 Å². The van der Waals surface area contributed by atoms with Gasteiger partial charge in [-0.1, -0.05) is 18.2 Å². The van der Waals surface area contributed by atoms with E-state index in [1.54, 1.807) is 12.1 Å². The molecule has 0 aliphatic rings. The second-order valence-electron chi connectivity index (χ2n) is 6.73. The molecule has 0 aliphatic carbocycles. The van der Waals surface area contributed by atoms with Gasteiger partial charge in [-0.05, 0) is 62.6 Å². The SMILES string of the molecule is CCOc1ccc(C(C)NC(=O)CCCNC(=O)c2cc(N)ccc2C)cc1.Cl. The van der Waals surface area contributed by atoms with Gasteiger partial charge in [-0.25, -0.2) is 0 Å². The molecule has 0 fully saturated rings. The van der Waals surface area contributed by atoms with Gasteiger partial charge < -0.3 is 21.1 Å². The summed E-state index contributed by atoms with van der Waals surface area (Å²) in [5, 5.41) is 5.81. The molecule has 1 unspecified atom stereocenters. The lowest BCUT2D eigenvalue weighted by molar-refractivity contribution is -0.121. The molecule has 158 valence electrons. The molecule has 6 nitrogen and oxygen atoms in total. The highest BCUT2D eigenvalue weighted by atomic mass is 35.5. The molecule has 0 aliphatic heterocycles. The second kappa shape index (κ2) is 12.0. The van der Waals surface area contributed by atoms with E-state index < -0.39 is 0 Å². The van der Waals surface area contributed by atoms with Crippen LogP contribution in [0.5, 0.6) is 5.75 Å². The van der Waals surface area contributed by atoms with Crippen molar-refractivity contribution in [2.45, 2.75) is 39.7 Å². The molecule has 0 saturated carbocycles. The Morgan fingerprint density at radius 3 is 2.48 bits per heavy atom. The van der Waals surface area contributed by atoms with E-state index in [-0.39, 0.29) is 30.3 Å². The van der Waals surface area contributed by atoms with Crippen molar-refractivity contribution in [1.29, 1.82) is 0 Å². The molecule has 0 aromatic heterocycles. The van der Waals surface area contributed by atoms with Crippen LogP contribution in [0.3, 0.4) is 0 Å². The van der Waals surface area contributed by atoms with Crippen LogP contribution in [-0.2, 0) is 4.79 Å². The molecule has 2 aromatic rings. The smallest absolute Gasteiger partial charge is 0.251 e. The Kier molecular flexibility index (Phi) is 10.0. The summed E-state index contributed by atoms with van der Waals surface area (Å²) >= 11 is 0. The molecule has 0 heterocycles. The van der Waals surface area contributed by atoms with Crippen LogP contribution >= 0.6 is 12.4 Å². The highest BCUT2D eigenvalue weighted by molar-refractivity contribution is 5.96. The van der Waals surface area contributed by atoms with Crippen molar-refractivity contribution in [2.75, 3.05) is 18.9 Å². The molecular weight excluding hydrogens is 390 g/mol. The zero-order valence-electron chi connectivity index (χ0n) is 17.2. The van der Waals surface area contributed by atoms with Crippen LogP contribution in [0, 0.1) is 6.92 Å². The van der Waals surface area contributed by atoms with Crippen molar-refractivity contribution in [2.24, 2.45) is 0 Å². The first-order valence-corrected chi connectivity index (χ1v) is 9.57. The number of carbonyl (C=O) groups is 2. The zero-order valence-corrected chi connectivity index (χ0v) is 18.0. The van der Waals surface area contributed by atoms with Crippen molar-refractivity contribution in [3.8, 4) is 5.75 Å². The van der Waals surface area contributed by atoms with Crippen molar-refractivity contribution in [1.82, 2.24) is 10.6 Å². The largest absolute Gasteiger partial charge is 0.494 e. The molecule has 0 spiro atoms. The number of aryl methyl sites for hydroxylation is 1. The van der Waals surface area contributed by atoms with E-state index in [0.29, 0.717) is 37.2 Å². The van der Waals surface area contributed by atoms with Crippen molar-refractivity contribution in [3.63, 3.8) is 0 Å². The monoisotopic (exact) mass is 419 g/mol. The Labute approximate surface area is 178 Å². The number of nitrogens with one attached hydrogen (secondary N) is 2. The maximum absolute atomic E-state index is 12.2. The third-order valence-corrected chi connectivity index (χ3v) is 4.44. The fourth-order valence-electron chi connectivity index (χ4n) is 2.85. The molecule has 0 radical (unpaired) electrons. The lowest BCUT2D eigenvalue weighted by Gasteiger charge is -2.15. The number of rotatable bonds is 9. The van der Waals surface area contributed by atoms with E-state index in [2.05, 4.69) is 10.6 Å². The van der Waals surface area contributed by atoms with Crippen molar-refractivity contribution >= 4 is 29.9 Å².